The maximum atomic E-state index is 12.1. The zero-order valence-corrected chi connectivity index (χ0v) is 18.4. The van der Waals surface area contributed by atoms with Crippen LogP contribution in [-0.2, 0) is 10.2 Å². The summed E-state index contributed by atoms with van der Waals surface area (Å²) in [5.41, 5.74) is 3.81. The Labute approximate surface area is 190 Å². The molecule has 3 aromatic heterocycles. The molecule has 1 aliphatic carbocycles. The van der Waals surface area contributed by atoms with Crippen molar-refractivity contribution in [1.29, 1.82) is 0 Å². The summed E-state index contributed by atoms with van der Waals surface area (Å²) in [6, 6.07) is 16.3. The van der Waals surface area contributed by atoms with Crippen molar-refractivity contribution in [3.8, 4) is 17.0 Å². The number of benzene rings is 1. The van der Waals surface area contributed by atoms with Gasteiger partial charge >= 0.3 is 0 Å². The largest absolute Gasteiger partial charge is 0.474 e. The molecule has 168 valence electrons. The Morgan fingerprint density at radius 3 is 2.79 bits per heavy atom. The van der Waals surface area contributed by atoms with Crippen LogP contribution >= 0.6 is 0 Å². The molecule has 4 heterocycles. The van der Waals surface area contributed by atoms with E-state index in [0.717, 1.165) is 42.6 Å². The van der Waals surface area contributed by atoms with Crippen molar-refractivity contribution in [3.05, 3.63) is 66.1 Å². The highest BCUT2D eigenvalue weighted by atomic mass is 16.5. The summed E-state index contributed by atoms with van der Waals surface area (Å²) >= 11 is 0. The fraction of sp³-hybridized carbons (Fsp3) is 0.320. The van der Waals surface area contributed by atoms with Crippen molar-refractivity contribution < 1.29 is 14.1 Å². The second-order valence-corrected chi connectivity index (χ2v) is 9.04. The summed E-state index contributed by atoms with van der Waals surface area (Å²) in [5, 5.41) is 14.9. The average Bonchev–Trinajstić information content (AvgIpc) is 3.48. The van der Waals surface area contributed by atoms with Gasteiger partial charge in [-0.2, -0.15) is 5.10 Å². The van der Waals surface area contributed by atoms with Crippen molar-refractivity contribution in [2.45, 2.75) is 25.2 Å². The molecule has 2 fully saturated rings. The van der Waals surface area contributed by atoms with Gasteiger partial charge < -0.3 is 19.9 Å². The molecule has 1 aliphatic heterocycles. The standard InChI is InChI=1S/C25H25N5O3/c1-16-22(18-9-10-30-20(11-18)12-21(28-30)27-23(31)17-7-8-17)24(29-33-16)32-15-25(13-26-14-25)19-5-3-2-4-6-19/h2-6,9-12,17,26H,7-8,13-15H2,1H3,(H,27,28,31). The van der Waals surface area contributed by atoms with Crippen molar-refractivity contribution in [2.75, 3.05) is 25.0 Å². The Morgan fingerprint density at radius 1 is 1.24 bits per heavy atom. The third-order valence-corrected chi connectivity index (χ3v) is 6.58. The topological polar surface area (TPSA) is 93.7 Å². The highest BCUT2D eigenvalue weighted by Crippen LogP contribution is 2.36. The molecular formula is C25H25N5O3. The van der Waals surface area contributed by atoms with E-state index >= 15 is 0 Å². The van der Waals surface area contributed by atoms with Crippen molar-refractivity contribution in [2.24, 2.45) is 5.92 Å². The molecule has 0 spiro atoms. The van der Waals surface area contributed by atoms with Crippen molar-refractivity contribution >= 4 is 17.2 Å². The number of hydrogen-bond donors (Lipinski definition) is 2. The lowest BCUT2D eigenvalue weighted by Crippen LogP contribution is -2.60. The molecule has 0 bridgehead atoms. The first kappa shape index (κ1) is 20.0. The van der Waals surface area contributed by atoms with Gasteiger partial charge in [0.1, 0.15) is 12.4 Å². The van der Waals surface area contributed by atoms with Gasteiger partial charge in [-0.05, 0) is 48.2 Å². The van der Waals surface area contributed by atoms with Crippen LogP contribution in [0, 0.1) is 12.8 Å². The lowest BCUT2D eigenvalue weighted by molar-refractivity contribution is -0.117. The van der Waals surface area contributed by atoms with Crippen LogP contribution in [0.1, 0.15) is 24.2 Å². The third kappa shape index (κ3) is 3.66. The van der Waals surface area contributed by atoms with E-state index in [4.69, 9.17) is 9.26 Å². The fourth-order valence-electron chi connectivity index (χ4n) is 4.38. The van der Waals surface area contributed by atoms with Crippen LogP contribution in [0.25, 0.3) is 16.6 Å². The molecule has 4 aromatic rings. The smallest absolute Gasteiger partial charge is 0.262 e. The first-order valence-corrected chi connectivity index (χ1v) is 11.3. The number of fused-ring (bicyclic) bond motifs is 1. The van der Waals surface area contributed by atoms with Gasteiger partial charge in [0.05, 0.1) is 16.5 Å². The van der Waals surface area contributed by atoms with E-state index in [1.165, 1.54) is 5.56 Å². The highest BCUT2D eigenvalue weighted by molar-refractivity contribution is 5.93. The molecule has 1 aromatic carbocycles. The first-order valence-electron chi connectivity index (χ1n) is 11.3. The summed E-state index contributed by atoms with van der Waals surface area (Å²) in [4.78, 5) is 12.1. The normalized spacial score (nSPS) is 17.0. The van der Waals surface area contributed by atoms with Crippen LogP contribution in [0.5, 0.6) is 5.88 Å². The minimum atomic E-state index is -0.0740. The van der Waals surface area contributed by atoms with Gasteiger partial charge in [-0.3, -0.25) is 4.79 Å². The molecule has 0 radical (unpaired) electrons. The molecule has 6 rings (SSSR count). The second-order valence-electron chi connectivity index (χ2n) is 9.04. The highest BCUT2D eigenvalue weighted by Gasteiger charge is 2.40. The zero-order valence-electron chi connectivity index (χ0n) is 18.4. The molecule has 1 amide bonds. The van der Waals surface area contributed by atoms with Crippen LogP contribution < -0.4 is 15.4 Å². The van der Waals surface area contributed by atoms with E-state index in [1.807, 2.05) is 37.4 Å². The van der Waals surface area contributed by atoms with E-state index in [2.05, 4.69) is 45.2 Å². The summed E-state index contributed by atoms with van der Waals surface area (Å²) < 4.78 is 13.5. The molecule has 0 atom stereocenters. The minimum Gasteiger partial charge on any atom is -0.474 e. The van der Waals surface area contributed by atoms with Crippen molar-refractivity contribution in [1.82, 2.24) is 20.1 Å². The lowest BCUT2D eigenvalue weighted by Gasteiger charge is -2.42. The van der Waals surface area contributed by atoms with Gasteiger partial charge in [0, 0.05) is 31.3 Å². The van der Waals surface area contributed by atoms with Crippen LogP contribution in [0.4, 0.5) is 5.82 Å². The Balaban J connectivity index is 1.25. The maximum Gasteiger partial charge on any atom is 0.262 e. The number of carbonyl (C=O) groups is 1. The van der Waals surface area contributed by atoms with Crippen LogP contribution in [0.2, 0.25) is 0 Å². The SMILES string of the molecule is Cc1onc(OCC2(c3ccccc3)CNC2)c1-c1ccn2nc(NC(=O)C3CC3)cc2c1. The number of amides is 1. The number of aryl methyl sites for hydroxylation is 1. The number of ether oxygens (including phenoxy) is 1. The Kier molecular flexibility index (Phi) is 4.69. The van der Waals surface area contributed by atoms with E-state index in [0.29, 0.717) is 24.1 Å². The number of rotatable bonds is 7. The minimum absolute atomic E-state index is 0.0435. The summed E-state index contributed by atoms with van der Waals surface area (Å²) in [5.74, 6) is 1.92. The van der Waals surface area contributed by atoms with E-state index < -0.39 is 0 Å². The predicted octanol–water partition coefficient (Wildman–Crippen LogP) is 3.57. The van der Waals surface area contributed by atoms with E-state index in [9.17, 15) is 4.79 Å². The monoisotopic (exact) mass is 443 g/mol. The number of nitrogens with zero attached hydrogens (tertiary/aromatic N) is 3. The van der Waals surface area contributed by atoms with Crippen LogP contribution in [-0.4, -0.2) is 40.4 Å². The van der Waals surface area contributed by atoms with Gasteiger partial charge in [-0.1, -0.05) is 30.3 Å². The van der Waals surface area contributed by atoms with Crippen molar-refractivity contribution in [3.63, 3.8) is 0 Å². The second kappa shape index (κ2) is 7.74. The quantitative estimate of drug-likeness (QED) is 0.454. The lowest BCUT2D eigenvalue weighted by atomic mass is 9.76. The zero-order chi connectivity index (χ0) is 22.4. The molecule has 1 saturated heterocycles. The third-order valence-electron chi connectivity index (χ3n) is 6.58. The van der Waals surface area contributed by atoms with Gasteiger partial charge in [0.15, 0.2) is 5.82 Å². The number of hydrogen-bond acceptors (Lipinski definition) is 6. The van der Waals surface area contributed by atoms with Gasteiger partial charge in [0.25, 0.3) is 5.88 Å². The first-order chi connectivity index (χ1) is 16.1. The summed E-state index contributed by atoms with van der Waals surface area (Å²) in [6.07, 6.45) is 3.79. The molecule has 8 heteroatoms. The Hall–Kier alpha value is -3.65. The molecule has 33 heavy (non-hydrogen) atoms. The number of nitrogens with one attached hydrogen (secondary N) is 2. The maximum absolute atomic E-state index is 12.1. The number of carbonyl (C=O) groups excluding carboxylic acids is 1. The van der Waals surface area contributed by atoms with Crippen LogP contribution in [0.15, 0.2) is 59.3 Å². The van der Waals surface area contributed by atoms with Crippen LogP contribution in [0.3, 0.4) is 0 Å². The van der Waals surface area contributed by atoms with E-state index in [1.54, 1.807) is 4.52 Å². The molecule has 8 nitrogen and oxygen atoms in total. The fourth-order valence-corrected chi connectivity index (χ4v) is 4.38. The Bertz CT molecular complexity index is 1320. The van der Waals surface area contributed by atoms with E-state index in [-0.39, 0.29) is 17.2 Å². The number of anilines is 1. The molecule has 1 saturated carbocycles. The number of pyridine rings is 1. The molecule has 2 N–H and O–H groups in total. The Morgan fingerprint density at radius 2 is 2.06 bits per heavy atom. The summed E-state index contributed by atoms with van der Waals surface area (Å²) in [7, 11) is 0. The molecule has 0 unspecified atom stereocenters. The predicted molar refractivity (Wildman–Crippen MR) is 123 cm³/mol. The summed E-state index contributed by atoms with van der Waals surface area (Å²) in [6.45, 7) is 4.12. The van der Waals surface area contributed by atoms with Gasteiger partial charge in [-0.15, -0.1) is 0 Å². The number of aromatic nitrogens is 3. The average molecular weight is 444 g/mol. The van der Waals surface area contributed by atoms with Gasteiger partial charge in [0.2, 0.25) is 5.91 Å². The van der Waals surface area contributed by atoms with Gasteiger partial charge in [-0.25, -0.2) is 4.52 Å². The molecular weight excluding hydrogens is 418 g/mol. The molecule has 2 aliphatic rings.